The monoisotopic (exact) mass is 1160 g/mol. The molecule has 10 rings (SSSR count). The molecule has 29 heteroatoms. The number of esters is 1. The van der Waals surface area contributed by atoms with Gasteiger partial charge in [0.25, 0.3) is 0 Å². The number of hydrogen-bond acceptors (Lipinski definition) is 21. The van der Waals surface area contributed by atoms with Gasteiger partial charge < -0.3 is 59.2 Å². The molecule has 79 heavy (non-hydrogen) atoms. The second kappa shape index (κ2) is 29.0. The summed E-state index contributed by atoms with van der Waals surface area (Å²) >= 11 is 12.0. The fourth-order valence-corrected chi connectivity index (χ4v) is 8.85. The first-order valence-electron chi connectivity index (χ1n) is 22.9. The molecule has 2 saturated heterocycles. The Morgan fingerprint density at radius 2 is 1.06 bits per heavy atom. The normalized spacial score (nSPS) is 20.9. The minimum Gasteiger partial charge on any atom is -0.451 e. The SMILES string of the molecule is CON.CONc1ncnc2c1c(F)cn2[C@@H]1O[C@H]([C@H](O)c2ccc(Cl)cc2)[C@@H](O)[C@H]1O.CONc1ncnc2c1c(F)cn2[C@@H]1O[C@H]([C@H](OC(=O)c2ccc(-c3ccccc3)cc2)c2ccc(Cl)cc2)[C@@H](O)[C@H]1O.Cl.NN.O. The van der Waals surface area contributed by atoms with E-state index in [1.165, 1.54) is 43.1 Å². The first-order chi connectivity index (χ1) is 37.2. The molecule has 2 fully saturated rings. The van der Waals surface area contributed by atoms with Gasteiger partial charge >= 0.3 is 5.97 Å². The van der Waals surface area contributed by atoms with Gasteiger partial charge in [-0.05, 0) is 58.7 Å². The van der Waals surface area contributed by atoms with E-state index in [1.807, 2.05) is 42.5 Å². The Balaban J connectivity index is 0.000000278. The lowest BCUT2D eigenvalue weighted by Crippen LogP contribution is -2.36. The number of halogens is 5. The highest BCUT2D eigenvalue weighted by Gasteiger charge is 2.50. The summed E-state index contributed by atoms with van der Waals surface area (Å²) in [6.07, 6.45) is -8.66. The number of carbonyl (C=O) groups excluding carboxylic acids is 1. The van der Waals surface area contributed by atoms with Gasteiger partial charge in [-0.15, -0.1) is 12.4 Å². The van der Waals surface area contributed by atoms with E-state index in [9.17, 15) is 34.7 Å². The Kier molecular flexibility index (Phi) is 23.2. The molecule has 424 valence electrons. The fraction of sp³-hybridized carbons (Fsp3) is 0.260. The lowest BCUT2D eigenvalue weighted by atomic mass is 9.98. The largest absolute Gasteiger partial charge is 0.451 e. The van der Waals surface area contributed by atoms with E-state index in [-0.39, 0.29) is 57.1 Å². The van der Waals surface area contributed by atoms with Crippen molar-refractivity contribution in [3.8, 4) is 11.1 Å². The molecule has 0 aliphatic carbocycles. The molecule has 2 aliphatic rings. The lowest BCUT2D eigenvalue weighted by molar-refractivity contribution is -0.0917. The maximum atomic E-state index is 15.0. The average Bonchev–Trinajstić information content (AvgIpc) is 4.22. The Hall–Kier alpha value is -6.64. The van der Waals surface area contributed by atoms with Crippen LogP contribution in [0.25, 0.3) is 33.2 Å². The molecule has 0 amide bonds. The van der Waals surface area contributed by atoms with Crippen molar-refractivity contribution in [2.24, 2.45) is 17.6 Å². The number of carbonyl (C=O) groups is 1. The third-order valence-corrected chi connectivity index (χ3v) is 12.6. The van der Waals surface area contributed by atoms with Gasteiger partial charge in [-0.3, -0.25) is 21.4 Å². The van der Waals surface area contributed by atoms with Crippen molar-refractivity contribution in [3.63, 3.8) is 0 Å². The number of fused-ring (bicyclic) bond motifs is 2. The molecule has 0 spiro atoms. The number of nitrogens with zero attached hydrogens (tertiary/aromatic N) is 6. The highest BCUT2D eigenvalue weighted by atomic mass is 35.5. The highest BCUT2D eigenvalue weighted by molar-refractivity contribution is 6.30. The minimum absolute atomic E-state index is 0. The molecule has 0 bridgehead atoms. The van der Waals surface area contributed by atoms with E-state index < -0.39 is 78.9 Å². The van der Waals surface area contributed by atoms with Gasteiger partial charge in [-0.2, -0.15) is 0 Å². The summed E-state index contributed by atoms with van der Waals surface area (Å²) in [6.45, 7) is 0. The lowest BCUT2D eigenvalue weighted by Gasteiger charge is -2.26. The molecule has 10 atom stereocenters. The molecular weight excluding hydrogens is 1110 g/mol. The smallest absolute Gasteiger partial charge is 0.338 e. The Morgan fingerprint density at radius 1 is 0.646 bits per heavy atom. The molecule has 24 nitrogen and oxygen atoms in total. The van der Waals surface area contributed by atoms with Gasteiger partial charge in [0.2, 0.25) is 0 Å². The van der Waals surface area contributed by atoms with Crippen LogP contribution in [-0.2, 0) is 28.7 Å². The summed E-state index contributed by atoms with van der Waals surface area (Å²) < 4.78 is 49.9. The quantitative estimate of drug-likeness (QED) is 0.0430. The second-order valence-electron chi connectivity index (χ2n) is 16.7. The van der Waals surface area contributed by atoms with Crippen LogP contribution in [0.3, 0.4) is 0 Å². The summed E-state index contributed by atoms with van der Waals surface area (Å²) in [6, 6.07) is 29.5. The standard InChI is InChI=1S/C31H26ClFN4O6.C18H18ClFN4O5.CH5NO.ClH.H4N2.H2O/c1-41-36-28-23-22(33)15-37(29(23)35-16-34-28)30-25(39)24(38)27(42-30)26(19-11-13-21(32)14-12-19)43-31(40)20-9-7-18(8-10-20)17-5-3-2-4-6-17;1-28-23-16-11-10(20)6-24(17(11)22-7-21-16)18-14(27)13(26)15(29-18)12(25)8-2-4-9(19)5-3-8;1-3-2;;1-2;/h2-16,24-27,30,38-39H,1H3,(H,34,35,36);2-7,12-15,18,25-27H,1H3,(H,21,22,23);2H2,1H3;1H;1-2H2;1H2/t24-,25+,26+,27-,30+;12-,13+,14-,15-,18-;;;;/m01..../s1. The van der Waals surface area contributed by atoms with E-state index >= 15 is 4.39 Å². The predicted octanol–water partition coefficient (Wildman–Crippen LogP) is 4.55. The van der Waals surface area contributed by atoms with E-state index in [2.05, 4.69) is 53.3 Å². The van der Waals surface area contributed by atoms with Crippen LogP contribution in [0, 0.1) is 11.6 Å². The van der Waals surface area contributed by atoms with Crippen molar-refractivity contribution < 1.29 is 73.3 Å². The Bertz CT molecular complexity index is 3200. The van der Waals surface area contributed by atoms with E-state index in [0.29, 0.717) is 21.2 Å². The van der Waals surface area contributed by atoms with Crippen LogP contribution in [0.4, 0.5) is 20.4 Å². The zero-order valence-corrected chi connectivity index (χ0v) is 44.2. The van der Waals surface area contributed by atoms with Crippen LogP contribution in [0.15, 0.2) is 128 Å². The first kappa shape index (κ1) is 63.2. The van der Waals surface area contributed by atoms with E-state index in [1.54, 1.807) is 60.7 Å². The van der Waals surface area contributed by atoms with Gasteiger partial charge in [0.1, 0.15) is 55.4 Å². The number of rotatable bonds is 13. The second-order valence-corrected chi connectivity index (χ2v) is 17.6. The zero-order valence-electron chi connectivity index (χ0n) is 41.8. The van der Waals surface area contributed by atoms with Crippen molar-refractivity contribution in [2.45, 2.75) is 61.3 Å². The Morgan fingerprint density at radius 3 is 1.52 bits per heavy atom. The third-order valence-electron chi connectivity index (χ3n) is 12.1. The van der Waals surface area contributed by atoms with Crippen LogP contribution in [0.5, 0.6) is 0 Å². The minimum atomic E-state index is -1.53. The molecule has 6 heterocycles. The molecule has 4 aromatic heterocycles. The average molecular weight is 1160 g/mol. The topological polar surface area (TPSA) is 369 Å². The number of aromatic nitrogens is 6. The van der Waals surface area contributed by atoms with Crippen molar-refractivity contribution >= 4 is 75.3 Å². The molecule has 2 aliphatic heterocycles. The number of hydrogen-bond donors (Lipinski definition) is 10. The first-order valence-corrected chi connectivity index (χ1v) is 23.7. The van der Waals surface area contributed by atoms with Crippen molar-refractivity contribution in [1.29, 1.82) is 0 Å². The molecular formula is C50H56Cl3F2N11O13. The van der Waals surface area contributed by atoms with Gasteiger partial charge in [-0.25, -0.2) is 50.4 Å². The van der Waals surface area contributed by atoms with Crippen LogP contribution in [-0.4, -0.2) is 124 Å². The number of benzene rings is 4. The van der Waals surface area contributed by atoms with Crippen LogP contribution in [0.2, 0.25) is 10.0 Å². The summed E-state index contributed by atoms with van der Waals surface area (Å²) in [5.74, 6) is 10.5. The number of aliphatic hydroxyl groups excluding tert-OH is 5. The van der Waals surface area contributed by atoms with Gasteiger partial charge in [0.15, 0.2) is 53.1 Å². The molecule has 4 aromatic carbocycles. The third kappa shape index (κ3) is 13.9. The van der Waals surface area contributed by atoms with Crippen molar-refractivity contribution in [3.05, 3.63) is 167 Å². The summed E-state index contributed by atoms with van der Waals surface area (Å²) in [4.78, 5) is 42.9. The van der Waals surface area contributed by atoms with Crippen LogP contribution in [0.1, 0.15) is 46.1 Å². The van der Waals surface area contributed by atoms with E-state index in [4.69, 9.17) is 47.1 Å². The Labute approximate surface area is 464 Å². The molecule has 15 N–H and O–H groups in total. The van der Waals surface area contributed by atoms with Crippen molar-refractivity contribution in [1.82, 2.24) is 29.1 Å². The van der Waals surface area contributed by atoms with Crippen LogP contribution < -0.4 is 28.5 Å². The molecule has 8 aromatic rings. The molecule has 0 saturated carbocycles. The number of aliphatic hydroxyl groups is 5. The number of hydrazine groups is 1. The molecule has 0 radical (unpaired) electrons. The van der Waals surface area contributed by atoms with Gasteiger partial charge in [0, 0.05) is 22.4 Å². The summed E-state index contributed by atoms with van der Waals surface area (Å²) in [5.41, 5.74) is 8.26. The van der Waals surface area contributed by atoms with Crippen LogP contribution >= 0.6 is 35.6 Å². The summed E-state index contributed by atoms with van der Waals surface area (Å²) in [5, 5.41) is 54.8. The number of nitrogens with two attached hydrogens (primary N) is 3. The number of anilines is 2. The fourth-order valence-electron chi connectivity index (χ4n) is 8.60. The van der Waals surface area contributed by atoms with Gasteiger partial charge in [-0.1, -0.05) is 89.9 Å². The maximum absolute atomic E-state index is 15.0. The zero-order chi connectivity index (χ0) is 55.5. The highest BCUT2D eigenvalue weighted by Crippen LogP contribution is 2.42. The summed E-state index contributed by atoms with van der Waals surface area (Å²) in [7, 11) is 4.11. The van der Waals surface area contributed by atoms with Gasteiger partial charge in [0.05, 0.1) is 37.7 Å². The number of nitrogens with one attached hydrogen (secondary N) is 2. The molecule has 0 unspecified atom stereocenters. The number of ether oxygens (including phenoxy) is 3. The maximum Gasteiger partial charge on any atom is 0.338 e. The van der Waals surface area contributed by atoms with E-state index in [0.717, 1.165) is 23.5 Å². The predicted molar refractivity (Wildman–Crippen MR) is 286 cm³/mol. The van der Waals surface area contributed by atoms with Crippen molar-refractivity contribution in [2.75, 3.05) is 32.3 Å².